The first-order chi connectivity index (χ1) is 14.9. The Morgan fingerprint density at radius 1 is 0.903 bits per heavy atom. The van der Waals surface area contributed by atoms with Gasteiger partial charge in [-0.05, 0) is 56.4 Å². The molecule has 0 bridgehead atoms. The minimum atomic E-state index is -0.281. The number of nitrogens with zero attached hydrogens (tertiary/aromatic N) is 1. The van der Waals surface area contributed by atoms with Crippen molar-refractivity contribution in [3.05, 3.63) is 70.4 Å². The van der Waals surface area contributed by atoms with Crippen LogP contribution >= 0.6 is 0 Å². The molecule has 5 heteroatoms. The van der Waals surface area contributed by atoms with E-state index in [-0.39, 0.29) is 11.8 Å². The molecule has 0 aliphatic carbocycles. The molecule has 0 saturated heterocycles. The number of nitrogens with one attached hydrogen (secondary N) is 1. The normalized spacial score (nSPS) is 14.0. The summed E-state index contributed by atoms with van der Waals surface area (Å²) in [5.41, 5.74) is 5.51. The van der Waals surface area contributed by atoms with E-state index in [1.54, 1.807) is 0 Å². The highest BCUT2D eigenvalue weighted by Crippen LogP contribution is 2.33. The lowest BCUT2D eigenvalue weighted by Gasteiger charge is -2.15. The summed E-state index contributed by atoms with van der Waals surface area (Å²) in [6.45, 7) is 9.69. The number of benzene rings is 2. The van der Waals surface area contributed by atoms with E-state index in [0.717, 1.165) is 40.8 Å². The second-order valence-electron chi connectivity index (χ2n) is 8.09. The van der Waals surface area contributed by atoms with Gasteiger partial charge in [0.25, 0.3) is 11.8 Å². The number of anilines is 1. The minimum absolute atomic E-state index is 0.249. The van der Waals surface area contributed by atoms with Gasteiger partial charge in [0.15, 0.2) is 0 Å². The van der Waals surface area contributed by atoms with Crippen molar-refractivity contribution in [2.75, 3.05) is 25.1 Å². The van der Waals surface area contributed by atoms with Crippen LogP contribution in [0.4, 0.5) is 5.69 Å². The first-order valence-corrected chi connectivity index (χ1v) is 11.0. The maximum absolute atomic E-state index is 13.4. The van der Waals surface area contributed by atoms with Gasteiger partial charge in [-0.3, -0.25) is 14.5 Å². The summed E-state index contributed by atoms with van der Waals surface area (Å²) < 4.78 is 5.61. The Bertz CT molecular complexity index is 994. The van der Waals surface area contributed by atoms with E-state index in [2.05, 4.69) is 12.2 Å². The maximum atomic E-state index is 13.4. The molecule has 1 aliphatic heterocycles. The summed E-state index contributed by atoms with van der Waals surface area (Å²) in [5, 5.41) is 3.26. The lowest BCUT2D eigenvalue weighted by molar-refractivity contribution is -0.137. The van der Waals surface area contributed by atoms with Crippen LogP contribution in [0.15, 0.2) is 48.2 Å². The smallest absolute Gasteiger partial charge is 0.278 e. The Labute approximate surface area is 185 Å². The summed E-state index contributed by atoms with van der Waals surface area (Å²) in [6, 6.07) is 13.7. The molecule has 1 aliphatic rings. The van der Waals surface area contributed by atoms with Gasteiger partial charge in [-0.25, -0.2) is 0 Å². The van der Waals surface area contributed by atoms with Gasteiger partial charge in [-0.1, -0.05) is 55.3 Å². The fourth-order valence-corrected chi connectivity index (χ4v) is 3.76. The number of unbranched alkanes of at least 4 members (excludes halogenated alkanes) is 1. The molecule has 0 saturated carbocycles. The molecule has 0 unspecified atom stereocenters. The van der Waals surface area contributed by atoms with Crippen molar-refractivity contribution in [3.63, 3.8) is 0 Å². The molecule has 31 heavy (non-hydrogen) atoms. The SMILES string of the molecule is CCCCOCCCN1C(=O)C(Nc2ccccc2C)=C(c2ccc(C)cc2C)C1=O. The predicted molar refractivity (Wildman–Crippen MR) is 125 cm³/mol. The highest BCUT2D eigenvalue weighted by Gasteiger charge is 2.39. The number of hydrogen-bond acceptors (Lipinski definition) is 4. The topological polar surface area (TPSA) is 58.6 Å². The van der Waals surface area contributed by atoms with Gasteiger partial charge in [-0.15, -0.1) is 0 Å². The van der Waals surface area contributed by atoms with Crippen molar-refractivity contribution in [2.24, 2.45) is 0 Å². The van der Waals surface area contributed by atoms with Crippen LogP contribution < -0.4 is 5.32 Å². The van der Waals surface area contributed by atoms with Crippen molar-refractivity contribution in [2.45, 2.75) is 47.0 Å². The average Bonchev–Trinajstić information content (AvgIpc) is 2.96. The summed E-state index contributed by atoms with van der Waals surface area (Å²) >= 11 is 0. The molecule has 0 spiro atoms. The quantitative estimate of drug-likeness (QED) is 0.434. The molecule has 1 N–H and O–H groups in total. The van der Waals surface area contributed by atoms with Gasteiger partial charge in [-0.2, -0.15) is 0 Å². The van der Waals surface area contributed by atoms with Crippen LogP contribution in [0.5, 0.6) is 0 Å². The number of amides is 2. The molecule has 3 rings (SSSR count). The molecule has 2 aromatic carbocycles. The van der Waals surface area contributed by atoms with E-state index >= 15 is 0 Å². The van der Waals surface area contributed by atoms with E-state index < -0.39 is 0 Å². The largest absolute Gasteiger partial charge is 0.381 e. The van der Waals surface area contributed by atoms with E-state index in [1.165, 1.54) is 4.90 Å². The summed E-state index contributed by atoms with van der Waals surface area (Å²) in [5.74, 6) is -0.529. The molecule has 0 atom stereocenters. The molecule has 0 radical (unpaired) electrons. The third-order valence-corrected chi connectivity index (χ3v) is 5.54. The molecule has 0 aromatic heterocycles. The van der Waals surface area contributed by atoms with Crippen LogP contribution in [0.1, 0.15) is 48.4 Å². The maximum Gasteiger partial charge on any atom is 0.278 e. The lowest BCUT2D eigenvalue weighted by Crippen LogP contribution is -2.34. The third kappa shape index (κ3) is 5.23. The monoisotopic (exact) mass is 420 g/mol. The second-order valence-corrected chi connectivity index (χ2v) is 8.09. The van der Waals surface area contributed by atoms with Crippen LogP contribution in [0.3, 0.4) is 0 Å². The Balaban J connectivity index is 1.89. The van der Waals surface area contributed by atoms with Gasteiger partial charge < -0.3 is 10.1 Å². The number of aryl methyl sites for hydroxylation is 3. The Morgan fingerprint density at radius 2 is 1.65 bits per heavy atom. The summed E-state index contributed by atoms with van der Waals surface area (Å²) in [6.07, 6.45) is 2.73. The fourth-order valence-electron chi connectivity index (χ4n) is 3.76. The molecule has 5 nitrogen and oxygen atoms in total. The van der Waals surface area contributed by atoms with E-state index in [0.29, 0.717) is 37.4 Å². The van der Waals surface area contributed by atoms with Gasteiger partial charge >= 0.3 is 0 Å². The highest BCUT2D eigenvalue weighted by molar-refractivity contribution is 6.36. The molecular weight excluding hydrogens is 388 g/mol. The van der Waals surface area contributed by atoms with Crippen LogP contribution in [0.25, 0.3) is 5.57 Å². The Kier molecular flexibility index (Phi) is 7.64. The number of imide groups is 1. The Morgan fingerprint density at radius 3 is 2.35 bits per heavy atom. The molecule has 1 heterocycles. The van der Waals surface area contributed by atoms with Gasteiger partial charge in [0, 0.05) is 25.4 Å². The number of hydrogen-bond donors (Lipinski definition) is 1. The number of para-hydroxylation sites is 1. The molecule has 2 amide bonds. The van der Waals surface area contributed by atoms with E-state index in [9.17, 15) is 9.59 Å². The van der Waals surface area contributed by atoms with Crippen molar-refractivity contribution in [1.82, 2.24) is 4.90 Å². The number of ether oxygens (including phenoxy) is 1. The average molecular weight is 421 g/mol. The van der Waals surface area contributed by atoms with Crippen molar-refractivity contribution in [1.29, 1.82) is 0 Å². The van der Waals surface area contributed by atoms with Crippen LogP contribution in [0, 0.1) is 20.8 Å². The third-order valence-electron chi connectivity index (χ3n) is 5.54. The molecule has 0 fully saturated rings. The Hall–Kier alpha value is -2.92. The first kappa shape index (κ1) is 22.8. The number of carbonyl (C=O) groups excluding carboxylic acids is 2. The second kappa shape index (κ2) is 10.4. The molecular formula is C26H32N2O3. The van der Waals surface area contributed by atoms with Crippen LogP contribution in [-0.2, 0) is 14.3 Å². The van der Waals surface area contributed by atoms with Crippen molar-refractivity contribution in [3.8, 4) is 0 Å². The fraction of sp³-hybridized carbons (Fsp3) is 0.385. The number of rotatable bonds is 10. The van der Waals surface area contributed by atoms with Crippen molar-refractivity contribution < 1.29 is 14.3 Å². The summed E-state index contributed by atoms with van der Waals surface area (Å²) in [7, 11) is 0. The van der Waals surface area contributed by atoms with Gasteiger partial charge in [0.1, 0.15) is 5.70 Å². The van der Waals surface area contributed by atoms with E-state index in [1.807, 2.05) is 63.2 Å². The minimum Gasteiger partial charge on any atom is -0.381 e. The highest BCUT2D eigenvalue weighted by atomic mass is 16.5. The summed E-state index contributed by atoms with van der Waals surface area (Å²) in [4.78, 5) is 28.0. The number of carbonyl (C=O) groups is 2. The zero-order valence-electron chi connectivity index (χ0n) is 19.0. The van der Waals surface area contributed by atoms with Crippen LogP contribution in [-0.4, -0.2) is 36.5 Å². The zero-order valence-corrected chi connectivity index (χ0v) is 19.0. The van der Waals surface area contributed by atoms with Crippen LogP contribution in [0.2, 0.25) is 0 Å². The van der Waals surface area contributed by atoms with Gasteiger partial charge in [0.2, 0.25) is 0 Å². The zero-order chi connectivity index (χ0) is 22.4. The standard InChI is InChI=1S/C26H32N2O3/c1-5-6-15-31-16-9-14-28-25(29)23(21-13-12-18(2)17-20(21)4)24(26(28)30)27-22-11-8-7-10-19(22)3/h7-8,10-13,17,27H,5-6,9,14-16H2,1-4H3. The van der Waals surface area contributed by atoms with Gasteiger partial charge in [0.05, 0.1) is 5.57 Å². The molecule has 2 aromatic rings. The predicted octanol–water partition coefficient (Wildman–Crippen LogP) is 5.01. The van der Waals surface area contributed by atoms with E-state index in [4.69, 9.17) is 4.74 Å². The molecule has 164 valence electrons. The lowest BCUT2D eigenvalue weighted by atomic mass is 9.97. The van der Waals surface area contributed by atoms with Crippen molar-refractivity contribution >= 4 is 23.1 Å². The first-order valence-electron chi connectivity index (χ1n) is 11.0.